The van der Waals surface area contributed by atoms with Crippen molar-refractivity contribution in [2.75, 3.05) is 20.3 Å². The Morgan fingerprint density at radius 3 is 2.26 bits per heavy atom. The second-order valence-electron chi connectivity index (χ2n) is 9.97. The van der Waals surface area contributed by atoms with Crippen LogP contribution in [0.25, 0.3) is 11.3 Å². The highest BCUT2D eigenvalue weighted by atomic mass is 35.5. The second kappa shape index (κ2) is 11.9. The van der Waals surface area contributed by atoms with E-state index in [2.05, 4.69) is 0 Å². The van der Waals surface area contributed by atoms with E-state index in [1.165, 1.54) is 7.11 Å². The van der Waals surface area contributed by atoms with Crippen molar-refractivity contribution in [1.29, 1.82) is 0 Å². The largest absolute Gasteiger partial charge is 0.377 e. The monoisotopic (exact) mass is 499 g/mol. The molecule has 0 bridgehead atoms. The quantitative estimate of drug-likeness (QED) is 0.356. The topological polar surface area (TPSA) is 70.1 Å². The van der Waals surface area contributed by atoms with Crippen LogP contribution < -0.4 is 5.73 Å². The Bertz CT molecular complexity index is 1100. The fourth-order valence-electron chi connectivity index (χ4n) is 4.63. The zero-order valence-corrected chi connectivity index (χ0v) is 21.6. The molecule has 1 aromatic heterocycles. The minimum Gasteiger partial charge on any atom is -0.377 e. The zero-order valence-electron chi connectivity index (χ0n) is 20.9. The first-order chi connectivity index (χ1) is 16.7. The summed E-state index contributed by atoms with van der Waals surface area (Å²) in [6.45, 7) is 6.34. The Hall–Kier alpha value is -2.54. The molecule has 0 aliphatic heterocycles. The van der Waals surface area contributed by atoms with E-state index >= 15 is 0 Å². The summed E-state index contributed by atoms with van der Waals surface area (Å²) in [7, 11) is 1.47. The summed E-state index contributed by atoms with van der Waals surface area (Å²) in [5, 5.41) is 0.484. The molecule has 3 aromatic rings. The van der Waals surface area contributed by atoms with E-state index in [1.54, 1.807) is 0 Å². The van der Waals surface area contributed by atoms with Crippen LogP contribution in [0.5, 0.6) is 0 Å². The molecule has 2 N–H and O–H groups in total. The van der Waals surface area contributed by atoms with Crippen molar-refractivity contribution in [2.24, 2.45) is 17.1 Å². The third-order valence-electron chi connectivity index (χ3n) is 6.25. The molecule has 3 rings (SSSR count). The lowest BCUT2D eigenvalue weighted by atomic mass is 9.69. The molecule has 0 saturated heterocycles. The Morgan fingerprint density at radius 1 is 1.11 bits per heavy atom. The maximum absolute atomic E-state index is 14.7. The first-order valence-corrected chi connectivity index (χ1v) is 12.3. The second-order valence-corrected chi connectivity index (χ2v) is 10.3. The van der Waals surface area contributed by atoms with Gasteiger partial charge in [0.05, 0.1) is 6.54 Å². The number of nitrogens with zero attached hydrogens (tertiary/aromatic N) is 2. The average molecular weight is 500 g/mol. The molecule has 0 saturated carbocycles. The number of alkyl halides is 1. The Balaban J connectivity index is 2.23. The molecule has 0 fully saturated rings. The number of methoxy groups -OCH3 is 1. The van der Waals surface area contributed by atoms with Gasteiger partial charge in [0, 0.05) is 31.1 Å². The highest BCUT2D eigenvalue weighted by Crippen LogP contribution is 2.45. The number of ether oxygens (including phenoxy) is 1. The number of nitrogens with two attached hydrogens (primary N) is 1. The number of rotatable bonds is 11. The van der Waals surface area contributed by atoms with Crippen molar-refractivity contribution in [3.8, 4) is 11.3 Å². The van der Waals surface area contributed by atoms with Gasteiger partial charge >= 0.3 is 0 Å². The van der Waals surface area contributed by atoms with Gasteiger partial charge in [-0.05, 0) is 17.4 Å². The summed E-state index contributed by atoms with van der Waals surface area (Å²) in [5.41, 5.74) is 7.75. The molecule has 0 aliphatic rings. The molecule has 188 valence electrons. The van der Waals surface area contributed by atoms with E-state index in [-0.39, 0.29) is 25.4 Å². The number of hydrogen-bond donors (Lipinski definition) is 1. The van der Waals surface area contributed by atoms with Crippen LogP contribution in [0.15, 0.2) is 60.7 Å². The van der Waals surface area contributed by atoms with Crippen LogP contribution in [-0.2, 0) is 16.1 Å². The number of hydrogen-bond acceptors (Lipinski definition) is 4. The van der Waals surface area contributed by atoms with Crippen LogP contribution in [0.4, 0.5) is 4.39 Å². The average Bonchev–Trinajstić information content (AvgIpc) is 3.14. The molecule has 1 unspecified atom stereocenters. The lowest BCUT2D eigenvalue weighted by Gasteiger charge is -2.37. The molecule has 7 heteroatoms. The van der Waals surface area contributed by atoms with Gasteiger partial charge < -0.3 is 15.0 Å². The van der Waals surface area contributed by atoms with Crippen LogP contribution in [-0.4, -0.2) is 41.8 Å². The number of carbonyl (C=O) groups is 1. The van der Waals surface area contributed by atoms with Crippen molar-refractivity contribution >= 4 is 17.4 Å². The minimum atomic E-state index is -1.31. The number of Topliss-reactive ketones (excluding diaryl/α,β-unsaturated/α-hetero) is 1. The molecule has 0 spiro atoms. The molecular formula is C28H35ClFN3O2. The van der Waals surface area contributed by atoms with Crippen LogP contribution in [0, 0.1) is 11.3 Å². The third kappa shape index (κ3) is 6.57. The SMILES string of the molecule is COCC(=O)[C@H](C[C@H](F)CN)C(c1nc(-c2ccccc2)c(Cl)n1Cc1ccccc1)C(C)(C)C. The summed E-state index contributed by atoms with van der Waals surface area (Å²) in [4.78, 5) is 18.3. The standard InChI is InChI=1S/C28H35ClFN3O2/c1-28(2,3)24(22(15-21(30)16-31)23(34)18-35-4)27-32-25(20-13-9-6-10-14-20)26(29)33(27)17-19-11-7-5-8-12-19/h5-14,21-22,24H,15-18,31H2,1-4H3/t21-,22-,24?/m0/s1. The van der Waals surface area contributed by atoms with Crippen molar-refractivity contribution < 1.29 is 13.9 Å². The molecule has 35 heavy (non-hydrogen) atoms. The molecule has 1 heterocycles. The number of imidazole rings is 1. The zero-order chi connectivity index (χ0) is 25.6. The van der Waals surface area contributed by atoms with E-state index in [9.17, 15) is 9.18 Å². The van der Waals surface area contributed by atoms with Gasteiger partial charge in [0.1, 0.15) is 29.4 Å². The maximum atomic E-state index is 14.7. The maximum Gasteiger partial charge on any atom is 0.162 e. The summed E-state index contributed by atoms with van der Waals surface area (Å²) in [5.74, 6) is -0.613. The van der Waals surface area contributed by atoms with Gasteiger partial charge in [0.25, 0.3) is 0 Å². The number of halogens is 2. The van der Waals surface area contributed by atoms with Crippen LogP contribution >= 0.6 is 11.6 Å². The normalized spacial score (nSPS) is 14.5. The molecular weight excluding hydrogens is 465 g/mol. The van der Waals surface area contributed by atoms with Gasteiger partial charge in [-0.25, -0.2) is 9.37 Å². The number of carbonyl (C=O) groups excluding carboxylic acids is 1. The van der Waals surface area contributed by atoms with Gasteiger partial charge in [0.2, 0.25) is 0 Å². The lowest BCUT2D eigenvalue weighted by molar-refractivity contribution is -0.129. The Kier molecular flexibility index (Phi) is 9.22. The first kappa shape index (κ1) is 27.1. The summed E-state index contributed by atoms with van der Waals surface area (Å²) >= 11 is 6.98. The highest BCUT2D eigenvalue weighted by Gasteiger charge is 2.42. The molecule has 0 amide bonds. The highest BCUT2D eigenvalue weighted by molar-refractivity contribution is 6.32. The van der Waals surface area contributed by atoms with Gasteiger partial charge in [-0.15, -0.1) is 0 Å². The van der Waals surface area contributed by atoms with E-state index in [0.29, 0.717) is 23.2 Å². The first-order valence-electron chi connectivity index (χ1n) is 11.9. The van der Waals surface area contributed by atoms with E-state index in [0.717, 1.165) is 11.1 Å². The van der Waals surface area contributed by atoms with Gasteiger partial charge in [-0.3, -0.25) is 4.79 Å². The molecule has 2 aromatic carbocycles. The predicted molar refractivity (Wildman–Crippen MR) is 139 cm³/mol. The van der Waals surface area contributed by atoms with Crippen molar-refractivity contribution in [1.82, 2.24) is 9.55 Å². The van der Waals surface area contributed by atoms with Crippen molar-refractivity contribution in [2.45, 2.75) is 45.8 Å². The van der Waals surface area contributed by atoms with Crippen LogP contribution in [0.2, 0.25) is 5.15 Å². The fourth-order valence-corrected chi connectivity index (χ4v) is 4.93. The number of ketones is 1. The van der Waals surface area contributed by atoms with E-state index in [1.807, 2.05) is 86.0 Å². The predicted octanol–water partition coefficient (Wildman–Crippen LogP) is 5.90. The summed E-state index contributed by atoms with van der Waals surface area (Å²) in [6.07, 6.45) is -1.32. The molecule has 0 radical (unpaired) electrons. The third-order valence-corrected chi connectivity index (χ3v) is 6.63. The van der Waals surface area contributed by atoms with Crippen molar-refractivity contribution in [3.63, 3.8) is 0 Å². The van der Waals surface area contributed by atoms with Gasteiger partial charge in [0.15, 0.2) is 5.78 Å². The van der Waals surface area contributed by atoms with Crippen LogP contribution in [0.1, 0.15) is 44.5 Å². The van der Waals surface area contributed by atoms with Gasteiger partial charge in [-0.1, -0.05) is 93.0 Å². The Morgan fingerprint density at radius 2 is 1.71 bits per heavy atom. The van der Waals surface area contributed by atoms with Gasteiger partial charge in [-0.2, -0.15) is 0 Å². The smallest absolute Gasteiger partial charge is 0.162 e. The lowest BCUT2D eigenvalue weighted by Crippen LogP contribution is -2.37. The molecule has 3 atom stereocenters. The Labute approximate surface area is 212 Å². The number of benzene rings is 2. The van der Waals surface area contributed by atoms with Crippen LogP contribution in [0.3, 0.4) is 0 Å². The fraction of sp³-hybridized carbons (Fsp3) is 0.429. The summed E-state index contributed by atoms with van der Waals surface area (Å²) in [6, 6.07) is 19.7. The minimum absolute atomic E-state index is 0.00286. The summed E-state index contributed by atoms with van der Waals surface area (Å²) < 4.78 is 21.8. The molecule has 5 nitrogen and oxygen atoms in total. The number of aromatic nitrogens is 2. The van der Waals surface area contributed by atoms with E-state index < -0.39 is 23.4 Å². The van der Waals surface area contributed by atoms with E-state index in [4.69, 9.17) is 27.1 Å². The van der Waals surface area contributed by atoms with Crippen molar-refractivity contribution in [3.05, 3.63) is 77.2 Å². The molecule has 0 aliphatic carbocycles.